The van der Waals surface area contributed by atoms with Gasteiger partial charge in [0, 0.05) is 24.2 Å². The Hall–Kier alpha value is -1.54. The average molecular weight is 322 g/mol. The van der Waals surface area contributed by atoms with Gasteiger partial charge in [0.1, 0.15) is 11.2 Å². The molecule has 0 aromatic carbocycles. The van der Waals surface area contributed by atoms with Gasteiger partial charge in [-0.25, -0.2) is 4.98 Å². The number of nitrogens with zero attached hydrogens (tertiary/aromatic N) is 5. The highest BCUT2D eigenvalue weighted by Gasteiger charge is 2.48. The lowest BCUT2D eigenvalue weighted by Crippen LogP contribution is -2.37. The van der Waals surface area contributed by atoms with Crippen LogP contribution in [0.5, 0.6) is 0 Å². The zero-order valence-electron chi connectivity index (χ0n) is 10.6. The summed E-state index contributed by atoms with van der Waals surface area (Å²) >= 11 is 5.58. The van der Waals surface area contributed by atoms with Crippen LogP contribution in [0, 0.1) is 0 Å². The van der Waals surface area contributed by atoms with Crippen LogP contribution >= 0.6 is 11.6 Å². The molecule has 10 heteroatoms. The summed E-state index contributed by atoms with van der Waals surface area (Å²) in [5.41, 5.74) is 8.28. The molecular weight excluding hydrogens is 311 g/mol. The van der Waals surface area contributed by atoms with Crippen molar-refractivity contribution in [3.8, 4) is 0 Å². The highest BCUT2D eigenvalue weighted by atomic mass is 35.5. The highest BCUT2D eigenvalue weighted by Crippen LogP contribution is 2.39. The lowest BCUT2D eigenvalue weighted by Gasteiger charge is -2.29. The Labute approximate surface area is 122 Å². The Morgan fingerprint density at radius 2 is 2.19 bits per heavy atom. The fourth-order valence-electron chi connectivity index (χ4n) is 2.34. The molecule has 0 bridgehead atoms. The predicted molar refractivity (Wildman–Crippen MR) is 68.6 cm³/mol. The molecule has 0 aliphatic carbocycles. The third-order valence-electron chi connectivity index (χ3n) is 3.23. The van der Waals surface area contributed by atoms with E-state index in [1.54, 1.807) is 0 Å². The number of β-amino-alcohol motifs (C(OH)–C–C–N with tert-alkyl or cyclic N) is 1. The van der Waals surface area contributed by atoms with E-state index < -0.39 is 24.4 Å². The number of azide groups is 1. The van der Waals surface area contributed by atoms with Crippen molar-refractivity contribution in [2.75, 3.05) is 13.1 Å². The maximum atomic E-state index is 13.3. The van der Waals surface area contributed by atoms with Gasteiger partial charge in [-0.1, -0.05) is 22.8 Å². The van der Waals surface area contributed by atoms with Gasteiger partial charge >= 0.3 is 6.18 Å². The smallest absolute Gasteiger partial charge is 0.391 e. The quantitative estimate of drug-likeness (QED) is 0.402. The van der Waals surface area contributed by atoms with Gasteiger partial charge in [-0.3, -0.25) is 4.90 Å². The van der Waals surface area contributed by atoms with Crippen molar-refractivity contribution >= 4 is 11.6 Å². The Balaban J connectivity index is 2.30. The molecule has 0 saturated carbocycles. The van der Waals surface area contributed by atoms with Crippen LogP contribution in [0.4, 0.5) is 13.2 Å². The van der Waals surface area contributed by atoms with Crippen molar-refractivity contribution in [1.82, 2.24) is 9.88 Å². The zero-order chi connectivity index (χ0) is 15.6. The van der Waals surface area contributed by atoms with Gasteiger partial charge in [-0.15, -0.1) is 0 Å². The van der Waals surface area contributed by atoms with Gasteiger partial charge in [-0.2, -0.15) is 13.2 Å². The number of rotatable bonds is 3. The third kappa shape index (κ3) is 3.56. The van der Waals surface area contributed by atoms with E-state index in [1.807, 2.05) is 0 Å². The molecule has 2 heterocycles. The van der Waals surface area contributed by atoms with Crippen LogP contribution in [0.15, 0.2) is 23.4 Å². The summed E-state index contributed by atoms with van der Waals surface area (Å²) in [6, 6.07) is -0.329. The maximum absolute atomic E-state index is 13.3. The largest absolute Gasteiger partial charge is 0.408 e. The maximum Gasteiger partial charge on any atom is 0.408 e. The van der Waals surface area contributed by atoms with E-state index in [0.717, 1.165) is 11.1 Å². The minimum absolute atomic E-state index is 0.0827. The van der Waals surface area contributed by atoms with Crippen molar-refractivity contribution in [3.63, 3.8) is 0 Å². The van der Waals surface area contributed by atoms with Gasteiger partial charge in [-0.05, 0) is 17.2 Å². The highest BCUT2D eigenvalue weighted by molar-refractivity contribution is 6.29. The van der Waals surface area contributed by atoms with E-state index >= 15 is 0 Å². The molecule has 3 atom stereocenters. The Kier molecular flexibility index (Phi) is 4.58. The number of pyridine rings is 1. The fraction of sp³-hybridized carbons (Fsp3) is 0.545. The van der Waals surface area contributed by atoms with Crippen molar-refractivity contribution in [1.29, 1.82) is 0 Å². The van der Waals surface area contributed by atoms with E-state index in [2.05, 4.69) is 15.0 Å². The molecule has 1 aliphatic rings. The number of hydrogen-bond donors (Lipinski definition) is 1. The molecule has 6 nitrogen and oxygen atoms in total. The fourth-order valence-corrected chi connectivity index (χ4v) is 2.46. The first-order chi connectivity index (χ1) is 9.82. The number of aliphatic hydroxyl groups is 1. The van der Waals surface area contributed by atoms with Crippen molar-refractivity contribution in [2.45, 2.75) is 24.4 Å². The summed E-state index contributed by atoms with van der Waals surface area (Å²) in [5, 5.41) is 13.1. The summed E-state index contributed by atoms with van der Waals surface area (Å²) in [5.74, 6) is 0. The molecule has 1 fully saturated rings. The second-order valence-electron chi connectivity index (χ2n) is 4.65. The Bertz CT molecular complexity index is 546. The summed E-state index contributed by atoms with van der Waals surface area (Å²) in [6.45, 7) is -0.422. The molecule has 0 unspecified atom stereocenters. The summed E-state index contributed by atoms with van der Waals surface area (Å²) in [7, 11) is 0. The summed E-state index contributed by atoms with van der Waals surface area (Å²) < 4.78 is 39.9. The van der Waals surface area contributed by atoms with Gasteiger partial charge in [0.25, 0.3) is 0 Å². The molecule has 21 heavy (non-hydrogen) atoms. The monoisotopic (exact) mass is 321 g/mol. The van der Waals surface area contributed by atoms with Crippen molar-refractivity contribution < 1.29 is 18.3 Å². The van der Waals surface area contributed by atoms with E-state index in [4.69, 9.17) is 17.1 Å². The SMILES string of the molecule is [N-]=[N+]=N[C@@H]1CN([C@H](c2ccc(Cl)nc2)C(F)(F)F)C[C@@H]1O. The minimum Gasteiger partial charge on any atom is -0.391 e. The Morgan fingerprint density at radius 3 is 2.71 bits per heavy atom. The molecule has 2 rings (SSSR count). The first-order valence-corrected chi connectivity index (χ1v) is 6.35. The Morgan fingerprint density at radius 1 is 1.48 bits per heavy atom. The number of hydrogen-bond acceptors (Lipinski definition) is 4. The number of likely N-dealkylation sites (tertiary alicyclic amines) is 1. The lowest BCUT2D eigenvalue weighted by molar-refractivity contribution is -0.184. The van der Waals surface area contributed by atoms with Crippen LogP contribution in [-0.2, 0) is 0 Å². The molecule has 0 spiro atoms. The molecule has 1 aliphatic heterocycles. The molecule has 0 amide bonds. The van der Waals surface area contributed by atoms with Gasteiger partial charge in [0.05, 0.1) is 12.1 Å². The molecular formula is C11H11ClF3N5O. The standard InChI is InChI=1S/C11H11ClF3N5O/c12-9-2-1-6(3-17-9)10(11(13,14)15)20-4-7(18-19-16)8(21)5-20/h1-3,7-8,10,21H,4-5H2/t7-,8+,10-/m1/s1. The molecule has 1 N–H and O–H groups in total. The first kappa shape index (κ1) is 15.8. The molecule has 1 aromatic rings. The zero-order valence-corrected chi connectivity index (χ0v) is 11.3. The van der Waals surface area contributed by atoms with Crippen LogP contribution < -0.4 is 0 Å². The number of aromatic nitrogens is 1. The molecule has 1 saturated heterocycles. The van der Waals surface area contributed by atoms with Crippen LogP contribution in [-0.4, -0.2) is 46.4 Å². The van der Waals surface area contributed by atoms with Crippen molar-refractivity contribution in [3.05, 3.63) is 39.5 Å². The van der Waals surface area contributed by atoms with Gasteiger partial charge in [0.15, 0.2) is 0 Å². The summed E-state index contributed by atoms with van der Waals surface area (Å²) in [4.78, 5) is 7.21. The number of aliphatic hydroxyl groups excluding tert-OH is 1. The predicted octanol–water partition coefficient (Wildman–Crippen LogP) is 2.69. The first-order valence-electron chi connectivity index (χ1n) is 5.97. The number of halogens is 4. The lowest BCUT2D eigenvalue weighted by atomic mass is 10.1. The molecule has 1 aromatic heterocycles. The summed E-state index contributed by atoms with van der Waals surface area (Å²) in [6.07, 6.45) is -4.64. The second kappa shape index (κ2) is 6.07. The van der Waals surface area contributed by atoms with Crippen LogP contribution in [0.3, 0.4) is 0 Å². The number of alkyl halides is 3. The topological polar surface area (TPSA) is 85.1 Å². The molecule has 0 radical (unpaired) electrons. The third-order valence-corrected chi connectivity index (χ3v) is 3.45. The van der Waals surface area contributed by atoms with E-state index in [9.17, 15) is 18.3 Å². The van der Waals surface area contributed by atoms with Gasteiger partial charge < -0.3 is 5.11 Å². The van der Waals surface area contributed by atoms with E-state index in [1.165, 1.54) is 12.1 Å². The van der Waals surface area contributed by atoms with Crippen molar-refractivity contribution in [2.24, 2.45) is 5.11 Å². The average Bonchev–Trinajstić information content (AvgIpc) is 2.72. The van der Waals surface area contributed by atoms with Crippen LogP contribution in [0.2, 0.25) is 5.15 Å². The minimum atomic E-state index is -4.56. The van der Waals surface area contributed by atoms with E-state index in [-0.39, 0.29) is 23.8 Å². The van der Waals surface area contributed by atoms with Gasteiger partial charge in [0.2, 0.25) is 0 Å². The second-order valence-corrected chi connectivity index (χ2v) is 5.04. The van der Waals surface area contributed by atoms with Crippen LogP contribution in [0.25, 0.3) is 10.4 Å². The molecule has 114 valence electrons. The van der Waals surface area contributed by atoms with E-state index in [0.29, 0.717) is 0 Å². The normalized spacial score (nSPS) is 24.6. The van der Waals surface area contributed by atoms with Crippen LogP contribution in [0.1, 0.15) is 11.6 Å².